The lowest BCUT2D eigenvalue weighted by Crippen LogP contribution is -2.25. The molecule has 0 unspecified atom stereocenters. The van der Waals surface area contributed by atoms with Gasteiger partial charge in [-0.25, -0.2) is 4.98 Å². The smallest absolute Gasteiger partial charge is 0.278 e. The van der Waals surface area contributed by atoms with Gasteiger partial charge in [0.2, 0.25) is 11.8 Å². The van der Waals surface area contributed by atoms with Gasteiger partial charge in [0, 0.05) is 17.5 Å². The molecule has 3 heterocycles. The first kappa shape index (κ1) is 23.5. The predicted molar refractivity (Wildman–Crippen MR) is 138 cm³/mol. The van der Waals surface area contributed by atoms with Crippen LogP contribution in [-0.4, -0.2) is 30.2 Å². The molecule has 0 aliphatic rings. The molecule has 0 bridgehead atoms. The zero-order valence-electron chi connectivity index (χ0n) is 20.6. The maximum absolute atomic E-state index is 13.6. The summed E-state index contributed by atoms with van der Waals surface area (Å²) in [5.41, 5.74) is 4.38. The minimum atomic E-state index is -0.274. The van der Waals surface area contributed by atoms with E-state index in [2.05, 4.69) is 27.4 Å². The molecule has 36 heavy (non-hydrogen) atoms. The number of nitrogens with zero attached hydrogens (tertiary/aromatic N) is 5. The summed E-state index contributed by atoms with van der Waals surface area (Å²) < 4.78 is 8.50. The van der Waals surface area contributed by atoms with Gasteiger partial charge in [-0.2, -0.15) is 4.98 Å². The van der Waals surface area contributed by atoms with Crippen molar-refractivity contribution in [1.82, 2.24) is 24.3 Å². The number of hydrogen-bond acceptors (Lipinski definition) is 6. The maximum Gasteiger partial charge on any atom is 0.278 e. The van der Waals surface area contributed by atoms with E-state index in [1.54, 1.807) is 4.57 Å². The lowest BCUT2D eigenvalue weighted by molar-refractivity contribution is -0.116. The van der Waals surface area contributed by atoms with E-state index in [0.29, 0.717) is 34.9 Å². The fourth-order valence-electron chi connectivity index (χ4n) is 4.38. The molecule has 9 nitrogen and oxygen atoms in total. The Kier molecular flexibility index (Phi) is 6.37. The number of carbonyl (C=O) groups is 1. The molecule has 5 rings (SSSR count). The fourth-order valence-corrected chi connectivity index (χ4v) is 4.38. The van der Waals surface area contributed by atoms with Crippen molar-refractivity contribution in [3.63, 3.8) is 0 Å². The van der Waals surface area contributed by atoms with Crippen molar-refractivity contribution in [2.45, 2.75) is 53.1 Å². The second-order valence-corrected chi connectivity index (χ2v) is 8.93. The maximum atomic E-state index is 13.6. The zero-order chi connectivity index (χ0) is 25.2. The fraction of sp³-hybridized carbons (Fsp3) is 0.296. The Labute approximate surface area is 207 Å². The van der Waals surface area contributed by atoms with Crippen LogP contribution in [0.2, 0.25) is 0 Å². The van der Waals surface area contributed by atoms with Gasteiger partial charge in [-0.3, -0.25) is 14.2 Å². The van der Waals surface area contributed by atoms with E-state index in [4.69, 9.17) is 4.52 Å². The summed E-state index contributed by atoms with van der Waals surface area (Å²) in [6.07, 6.45) is 4.03. The molecule has 3 aromatic heterocycles. The third kappa shape index (κ3) is 4.51. The molecular weight excluding hydrogens is 456 g/mol. The SMILES string of the molecule is CCCc1noc(Cn2cnc3c4cc(C)ccc4n(CC(=O)Nc4ccc(CC)cc4)c3c2=O)n1. The van der Waals surface area contributed by atoms with E-state index in [9.17, 15) is 9.59 Å². The van der Waals surface area contributed by atoms with E-state index >= 15 is 0 Å². The highest BCUT2D eigenvalue weighted by Gasteiger charge is 2.19. The molecule has 0 atom stereocenters. The topological polar surface area (TPSA) is 108 Å². The summed E-state index contributed by atoms with van der Waals surface area (Å²) in [6, 6.07) is 13.6. The molecule has 0 aliphatic carbocycles. The predicted octanol–water partition coefficient (Wildman–Crippen LogP) is 4.24. The van der Waals surface area contributed by atoms with Crippen molar-refractivity contribution in [3.05, 3.63) is 82.0 Å². The summed E-state index contributed by atoms with van der Waals surface area (Å²) in [5, 5.41) is 7.74. The Hall–Kier alpha value is -4.27. The quantitative estimate of drug-likeness (QED) is 0.353. The number of hydrogen-bond donors (Lipinski definition) is 1. The molecule has 0 fully saturated rings. The zero-order valence-corrected chi connectivity index (χ0v) is 20.6. The van der Waals surface area contributed by atoms with Crippen LogP contribution in [0, 0.1) is 6.92 Å². The third-order valence-electron chi connectivity index (χ3n) is 6.22. The molecule has 0 saturated carbocycles. The van der Waals surface area contributed by atoms with Crippen molar-refractivity contribution < 1.29 is 9.32 Å². The minimum Gasteiger partial charge on any atom is -0.337 e. The second kappa shape index (κ2) is 9.77. The Balaban J connectivity index is 1.53. The first-order valence-corrected chi connectivity index (χ1v) is 12.1. The highest BCUT2D eigenvalue weighted by molar-refractivity contribution is 6.06. The van der Waals surface area contributed by atoms with Crippen molar-refractivity contribution in [2.75, 3.05) is 5.32 Å². The largest absolute Gasteiger partial charge is 0.337 e. The molecule has 184 valence electrons. The Morgan fingerprint density at radius 1 is 1.11 bits per heavy atom. The molecule has 1 N–H and O–H groups in total. The minimum absolute atomic E-state index is 0.0271. The van der Waals surface area contributed by atoms with Gasteiger partial charge in [0.1, 0.15) is 24.1 Å². The van der Waals surface area contributed by atoms with Crippen LogP contribution >= 0.6 is 0 Å². The molecule has 0 radical (unpaired) electrons. The van der Waals surface area contributed by atoms with Gasteiger partial charge in [-0.15, -0.1) is 0 Å². The van der Waals surface area contributed by atoms with E-state index in [1.807, 2.05) is 56.3 Å². The Morgan fingerprint density at radius 3 is 2.67 bits per heavy atom. The molecule has 0 spiro atoms. The molecule has 2 aromatic carbocycles. The van der Waals surface area contributed by atoms with Crippen molar-refractivity contribution >= 4 is 33.5 Å². The summed E-state index contributed by atoms with van der Waals surface area (Å²) in [7, 11) is 0. The second-order valence-electron chi connectivity index (χ2n) is 8.93. The number of amides is 1. The number of carbonyl (C=O) groups excluding carboxylic acids is 1. The number of fused-ring (bicyclic) bond motifs is 3. The summed E-state index contributed by atoms with van der Waals surface area (Å²) >= 11 is 0. The monoisotopic (exact) mass is 484 g/mol. The van der Waals surface area contributed by atoms with Crippen LogP contribution < -0.4 is 10.9 Å². The highest BCUT2D eigenvalue weighted by atomic mass is 16.5. The lowest BCUT2D eigenvalue weighted by Gasteiger charge is -2.10. The molecular formula is C27H28N6O3. The number of rotatable bonds is 8. The van der Waals surface area contributed by atoms with Crippen molar-refractivity contribution in [3.8, 4) is 0 Å². The van der Waals surface area contributed by atoms with Gasteiger partial charge in [0.25, 0.3) is 5.56 Å². The van der Waals surface area contributed by atoms with Gasteiger partial charge in [0.15, 0.2) is 5.82 Å². The lowest BCUT2D eigenvalue weighted by atomic mass is 10.1. The number of aromatic nitrogens is 5. The number of anilines is 1. The van der Waals surface area contributed by atoms with Crippen LogP contribution in [0.4, 0.5) is 5.69 Å². The Morgan fingerprint density at radius 2 is 1.92 bits per heavy atom. The van der Waals surface area contributed by atoms with Gasteiger partial charge < -0.3 is 14.4 Å². The van der Waals surface area contributed by atoms with Crippen LogP contribution in [0.5, 0.6) is 0 Å². The highest BCUT2D eigenvalue weighted by Crippen LogP contribution is 2.26. The van der Waals surface area contributed by atoms with E-state index < -0.39 is 0 Å². The normalized spacial score (nSPS) is 11.4. The molecule has 0 saturated heterocycles. The van der Waals surface area contributed by atoms with Gasteiger partial charge in [-0.1, -0.05) is 42.8 Å². The van der Waals surface area contributed by atoms with Crippen molar-refractivity contribution in [2.24, 2.45) is 0 Å². The first-order valence-electron chi connectivity index (χ1n) is 12.1. The van der Waals surface area contributed by atoms with Gasteiger partial charge >= 0.3 is 0 Å². The van der Waals surface area contributed by atoms with Crippen LogP contribution in [0.15, 0.2) is 58.1 Å². The van der Waals surface area contributed by atoms with E-state index in [1.165, 1.54) is 16.5 Å². The number of aryl methyl sites for hydroxylation is 3. The number of nitrogens with one attached hydrogen (secondary N) is 1. The number of benzene rings is 2. The van der Waals surface area contributed by atoms with Crippen LogP contribution in [0.3, 0.4) is 0 Å². The Bertz CT molecular complexity index is 1610. The third-order valence-corrected chi connectivity index (χ3v) is 6.22. The molecule has 0 aliphatic heterocycles. The average molecular weight is 485 g/mol. The molecule has 9 heteroatoms. The van der Waals surface area contributed by atoms with Crippen LogP contribution in [0.25, 0.3) is 21.9 Å². The van der Waals surface area contributed by atoms with Crippen molar-refractivity contribution in [1.29, 1.82) is 0 Å². The summed E-state index contributed by atoms with van der Waals surface area (Å²) in [6.45, 7) is 6.19. The molecule has 1 amide bonds. The standard InChI is InChI=1S/C27H28N6O3/c1-4-6-22-30-24(36-31-22)15-32-16-28-25-20-13-17(3)7-12-21(20)33(26(25)27(32)35)14-23(34)29-19-10-8-18(5-2)9-11-19/h7-13,16H,4-6,14-15H2,1-3H3,(H,29,34). The van der Waals surface area contributed by atoms with E-state index in [-0.39, 0.29) is 24.6 Å². The summed E-state index contributed by atoms with van der Waals surface area (Å²) in [4.78, 5) is 35.6. The average Bonchev–Trinajstić information content (AvgIpc) is 3.43. The summed E-state index contributed by atoms with van der Waals surface area (Å²) in [5.74, 6) is 0.728. The van der Waals surface area contributed by atoms with E-state index in [0.717, 1.165) is 29.3 Å². The first-order chi connectivity index (χ1) is 17.5. The van der Waals surface area contributed by atoms with Crippen LogP contribution in [-0.2, 0) is 30.7 Å². The van der Waals surface area contributed by atoms with Gasteiger partial charge in [-0.05, 0) is 49.6 Å². The van der Waals surface area contributed by atoms with Crippen LogP contribution in [0.1, 0.15) is 43.1 Å². The van der Waals surface area contributed by atoms with Gasteiger partial charge in [0.05, 0.1) is 11.8 Å². The molecule has 5 aromatic rings.